The van der Waals surface area contributed by atoms with E-state index in [-0.39, 0.29) is 42.0 Å². The van der Waals surface area contributed by atoms with Crippen LogP contribution in [-0.2, 0) is 24.3 Å². The Morgan fingerprint density at radius 3 is 2.70 bits per heavy atom. The number of rotatable bonds is 5. The van der Waals surface area contributed by atoms with Crippen molar-refractivity contribution in [1.29, 1.82) is 0 Å². The van der Waals surface area contributed by atoms with Gasteiger partial charge >= 0.3 is 0 Å². The van der Waals surface area contributed by atoms with Gasteiger partial charge in [-0.2, -0.15) is 0 Å². The molecule has 1 fully saturated rings. The second kappa shape index (κ2) is 8.92. The summed E-state index contributed by atoms with van der Waals surface area (Å²) in [4.78, 5) is 31.6. The Bertz CT molecular complexity index is 1140. The third-order valence-corrected chi connectivity index (χ3v) is 7.76. The minimum absolute atomic E-state index is 0.00608. The number of nitrogens with zero attached hydrogens (tertiary/aromatic N) is 3. The molecule has 4 atom stereocenters. The fraction of sp³-hybridized carbons (Fsp3) is 0.481. The number of amides is 1. The molecule has 1 saturated heterocycles. The van der Waals surface area contributed by atoms with Crippen LogP contribution in [0, 0.1) is 11.8 Å². The molecule has 3 aliphatic heterocycles. The van der Waals surface area contributed by atoms with Gasteiger partial charge in [0.15, 0.2) is 0 Å². The Balaban J connectivity index is 1.55. The number of pyridine rings is 1. The number of allylic oxidation sites excluding steroid dienone is 1. The van der Waals surface area contributed by atoms with Gasteiger partial charge in [0.1, 0.15) is 0 Å². The van der Waals surface area contributed by atoms with Crippen molar-refractivity contribution in [2.45, 2.75) is 51.9 Å². The van der Waals surface area contributed by atoms with Gasteiger partial charge in [-0.05, 0) is 49.6 Å². The zero-order chi connectivity index (χ0) is 23.1. The van der Waals surface area contributed by atoms with E-state index in [0.29, 0.717) is 25.2 Å². The molecule has 4 heterocycles. The van der Waals surface area contributed by atoms with E-state index in [1.54, 1.807) is 0 Å². The van der Waals surface area contributed by atoms with Crippen molar-refractivity contribution in [2.24, 2.45) is 11.8 Å². The summed E-state index contributed by atoms with van der Waals surface area (Å²) in [6.07, 6.45) is 5.53. The van der Waals surface area contributed by atoms with Crippen LogP contribution < -0.4 is 5.56 Å². The first kappa shape index (κ1) is 22.1. The van der Waals surface area contributed by atoms with Crippen LogP contribution in [0.1, 0.15) is 48.7 Å². The van der Waals surface area contributed by atoms with E-state index >= 15 is 0 Å². The highest BCUT2D eigenvalue weighted by molar-refractivity contribution is 5.81. The summed E-state index contributed by atoms with van der Waals surface area (Å²) in [6.45, 7) is 6.68. The van der Waals surface area contributed by atoms with Gasteiger partial charge in [0.25, 0.3) is 5.56 Å². The number of carbonyl (C=O) groups excluding carboxylic acids is 1. The molecular formula is C27H33N3O3. The molecule has 0 radical (unpaired) electrons. The zero-order valence-electron chi connectivity index (χ0n) is 19.5. The maximum atomic E-state index is 14.0. The Hall–Kier alpha value is -2.70. The molecule has 6 nitrogen and oxygen atoms in total. The summed E-state index contributed by atoms with van der Waals surface area (Å²) in [7, 11) is 0. The molecular weight excluding hydrogens is 414 g/mol. The van der Waals surface area contributed by atoms with E-state index < -0.39 is 0 Å². The van der Waals surface area contributed by atoms with E-state index in [9.17, 15) is 14.7 Å². The second-order valence-electron chi connectivity index (χ2n) is 9.53. The summed E-state index contributed by atoms with van der Waals surface area (Å²) in [5.41, 5.74) is 4.09. The highest BCUT2D eigenvalue weighted by Gasteiger charge is 2.56. The summed E-state index contributed by atoms with van der Waals surface area (Å²) < 4.78 is 1.86. The fourth-order valence-electron chi connectivity index (χ4n) is 6.29. The van der Waals surface area contributed by atoms with Gasteiger partial charge in [0.05, 0.1) is 12.0 Å². The van der Waals surface area contributed by atoms with Gasteiger partial charge in [-0.3, -0.25) is 14.5 Å². The molecule has 0 spiro atoms. The van der Waals surface area contributed by atoms with Gasteiger partial charge in [0, 0.05) is 49.5 Å². The van der Waals surface area contributed by atoms with Crippen molar-refractivity contribution in [1.82, 2.24) is 14.4 Å². The molecule has 1 aromatic heterocycles. The average molecular weight is 448 g/mol. The summed E-state index contributed by atoms with van der Waals surface area (Å²) in [5.74, 6) is -0.427. The number of hydrogen-bond donors (Lipinski definition) is 1. The van der Waals surface area contributed by atoms with Crippen molar-refractivity contribution < 1.29 is 9.90 Å². The predicted molar refractivity (Wildman–Crippen MR) is 129 cm³/mol. The molecule has 2 aromatic rings. The Morgan fingerprint density at radius 1 is 1.18 bits per heavy atom. The molecule has 0 aliphatic carbocycles. The molecule has 1 aromatic carbocycles. The molecule has 1 N–H and O–H groups in total. The molecule has 3 aliphatic rings. The van der Waals surface area contributed by atoms with Crippen molar-refractivity contribution in [3.63, 3.8) is 0 Å². The number of carbonyl (C=O) groups is 1. The monoisotopic (exact) mass is 447 g/mol. The molecule has 174 valence electrons. The summed E-state index contributed by atoms with van der Waals surface area (Å²) >= 11 is 0. The molecule has 0 saturated carbocycles. The number of aliphatic hydroxyl groups excluding tert-OH is 1. The lowest BCUT2D eigenvalue weighted by molar-refractivity contribution is -0.139. The first-order valence-electron chi connectivity index (χ1n) is 12.2. The quantitative estimate of drug-likeness (QED) is 0.766. The van der Waals surface area contributed by atoms with Crippen LogP contribution in [0.25, 0.3) is 6.08 Å². The zero-order valence-corrected chi connectivity index (χ0v) is 19.5. The van der Waals surface area contributed by atoms with Gasteiger partial charge in [-0.15, -0.1) is 0 Å². The van der Waals surface area contributed by atoms with Gasteiger partial charge in [-0.1, -0.05) is 43.3 Å². The van der Waals surface area contributed by atoms with Crippen LogP contribution in [0.15, 0.2) is 47.3 Å². The standard InChI is InChI=1S/C27H33N3O3/c1-3-7-19-10-11-22-25-24(27(33)28-14-12-18-8-5-6-9-20(18)15-28)21(17-31)23(29(25)13-4-2)16-30(22)26(19)32/h3,5-11,21,23-25,31H,4,12-17H2,1-2H3/b7-3+/t21-,23-,24+,25+/m1/s1. The Morgan fingerprint density at radius 2 is 1.97 bits per heavy atom. The fourth-order valence-corrected chi connectivity index (χ4v) is 6.29. The molecule has 33 heavy (non-hydrogen) atoms. The van der Waals surface area contributed by atoms with Crippen molar-refractivity contribution in [3.05, 3.63) is 75.2 Å². The van der Waals surface area contributed by atoms with Crippen LogP contribution in [0.5, 0.6) is 0 Å². The van der Waals surface area contributed by atoms with Crippen LogP contribution in [0.4, 0.5) is 0 Å². The molecule has 0 unspecified atom stereocenters. The third-order valence-electron chi connectivity index (χ3n) is 7.76. The van der Waals surface area contributed by atoms with Gasteiger partial charge in [0.2, 0.25) is 5.91 Å². The largest absolute Gasteiger partial charge is 0.396 e. The van der Waals surface area contributed by atoms with Crippen molar-refractivity contribution in [2.75, 3.05) is 19.7 Å². The molecule has 6 heteroatoms. The van der Waals surface area contributed by atoms with Gasteiger partial charge in [-0.25, -0.2) is 0 Å². The SMILES string of the molecule is C/C=C/c1ccc2n(c1=O)C[C@@H]1[C@@H](CO)[C@H](C(=O)N3CCc4ccccc4C3)[C@H]2N1CCC. The van der Waals surface area contributed by atoms with E-state index in [2.05, 4.69) is 30.0 Å². The first-order valence-corrected chi connectivity index (χ1v) is 12.2. The number of fused-ring (bicyclic) bond motifs is 5. The highest BCUT2D eigenvalue weighted by atomic mass is 16.3. The second-order valence-corrected chi connectivity index (χ2v) is 9.53. The van der Waals surface area contributed by atoms with E-state index in [1.807, 2.05) is 46.7 Å². The maximum Gasteiger partial charge on any atom is 0.258 e. The molecule has 5 rings (SSSR count). The lowest BCUT2D eigenvalue weighted by Gasteiger charge is -2.38. The third kappa shape index (κ3) is 3.56. The van der Waals surface area contributed by atoms with E-state index in [0.717, 1.165) is 25.1 Å². The number of aliphatic hydroxyl groups is 1. The minimum Gasteiger partial charge on any atom is -0.396 e. The van der Waals surface area contributed by atoms with Crippen molar-refractivity contribution >= 4 is 12.0 Å². The van der Waals surface area contributed by atoms with E-state index in [1.165, 1.54) is 11.1 Å². The number of benzene rings is 1. The predicted octanol–water partition coefficient (Wildman–Crippen LogP) is 2.84. The average Bonchev–Trinajstić information content (AvgIpc) is 3.04. The minimum atomic E-state index is -0.350. The lowest BCUT2D eigenvalue weighted by Crippen LogP contribution is -2.47. The number of hydrogen-bond acceptors (Lipinski definition) is 4. The molecule has 1 amide bonds. The summed E-state index contributed by atoms with van der Waals surface area (Å²) in [6, 6.07) is 12.0. The Kier molecular flexibility index (Phi) is 5.97. The van der Waals surface area contributed by atoms with Crippen LogP contribution >= 0.6 is 0 Å². The van der Waals surface area contributed by atoms with E-state index in [4.69, 9.17) is 0 Å². The summed E-state index contributed by atoms with van der Waals surface area (Å²) in [5, 5.41) is 10.5. The normalized spacial score (nSPS) is 26.5. The first-order chi connectivity index (χ1) is 16.1. The van der Waals surface area contributed by atoms with Crippen LogP contribution in [-0.4, -0.2) is 51.1 Å². The highest BCUT2D eigenvalue weighted by Crippen LogP contribution is 2.49. The maximum absolute atomic E-state index is 14.0. The van der Waals surface area contributed by atoms with Gasteiger partial charge < -0.3 is 14.6 Å². The topological polar surface area (TPSA) is 65.8 Å². The smallest absolute Gasteiger partial charge is 0.258 e. The Labute approximate surface area is 195 Å². The van der Waals surface area contributed by atoms with Crippen molar-refractivity contribution in [3.8, 4) is 0 Å². The molecule has 2 bridgehead atoms. The lowest BCUT2D eigenvalue weighted by atomic mass is 9.85. The van der Waals surface area contributed by atoms with Crippen LogP contribution in [0.3, 0.4) is 0 Å². The van der Waals surface area contributed by atoms with Crippen LogP contribution in [0.2, 0.25) is 0 Å². The number of aromatic nitrogens is 1.